The smallest absolute Gasteiger partial charge is 0.258 e. The molecule has 1 saturated heterocycles. The van der Waals surface area contributed by atoms with E-state index in [1.165, 1.54) is 37.9 Å². The molecule has 0 aromatic heterocycles. The first-order valence-electron chi connectivity index (χ1n) is 10.1. The molecule has 1 aliphatic heterocycles. The molecule has 0 aliphatic carbocycles. The van der Waals surface area contributed by atoms with Gasteiger partial charge in [0.2, 0.25) is 0 Å². The van der Waals surface area contributed by atoms with Gasteiger partial charge in [-0.1, -0.05) is 55.0 Å². The molecule has 1 amide bonds. The summed E-state index contributed by atoms with van der Waals surface area (Å²) in [7, 11) is 0. The summed E-state index contributed by atoms with van der Waals surface area (Å²) in [5.74, 6) is -0.207. The van der Waals surface area contributed by atoms with Gasteiger partial charge in [-0.2, -0.15) is 0 Å². The molecule has 0 atom stereocenters. The van der Waals surface area contributed by atoms with Gasteiger partial charge in [0.25, 0.3) is 5.91 Å². The molecular weight excluding hydrogens is 378 g/mol. The summed E-state index contributed by atoms with van der Waals surface area (Å²) in [4.78, 5) is 15.2. The van der Waals surface area contributed by atoms with Gasteiger partial charge in [0.15, 0.2) is 5.11 Å². The molecule has 0 saturated carbocycles. The molecule has 5 heteroatoms. The average molecular weight is 404 g/mol. The van der Waals surface area contributed by atoms with Gasteiger partial charge in [-0.25, -0.2) is 0 Å². The van der Waals surface area contributed by atoms with Crippen LogP contribution in [-0.4, -0.2) is 29.0 Å². The third-order valence-electron chi connectivity index (χ3n) is 5.33. The summed E-state index contributed by atoms with van der Waals surface area (Å²) in [5, 5.41) is 8.14. The van der Waals surface area contributed by atoms with Crippen LogP contribution in [0.15, 0.2) is 66.7 Å². The van der Waals surface area contributed by atoms with E-state index in [9.17, 15) is 4.79 Å². The van der Waals surface area contributed by atoms with Crippen molar-refractivity contribution in [1.29, 1.82) is 0 Å². The zero-order valence-electron chi connectivity index (χ0n) is 16.4. The number of likely N-dealkylation sites (tertiary alicyclic amines) is 1. The molecule has 2 N–H and O–H groups in total. The summed E-state index contributed by atoms with van der Waals surface area (Å²) >= 11 is 5.35. The molecule has 4 nitrogen and oxygen atoms in total. The summed E-state index contributed by atoms with van der Waals surface area (Å²) in [6.07, 6.45) is 3.94. The molecular formula is C24H25N3OS. The Labute approximate surface area is 176 Å². The second-order valence-electron chi connectivity index (χ2n) is 7.47. The van der Waals surface area contributed by atoms with Crippen molar-refractivity contribution in [3.05, 3.63) is 77.9 Å². The Hall–Kier alpha value is -2.76. The highest BCUT2D eigenvalue weighted by atomic mass is 32.1. The third kappa shape index (κ3) is 5.00. The van der Waals surface area contributed by atoms with E-state index in [-0.39, 0.29) is 5.91 Å². The fourth-order valence-electron chi connectivity index (χ4n) is 3.83. The first-order valence-corrected chi connectivity index (χ1v) is 10.5. The number of hydrogen-bond donors (Lipinski definition) is 2. The van der Waals surface area contributed by atoms with Gasteiger partial charge in [0.05, 0.1) is 0 Å². The normalized spacial score (nSPS) is 14.5. The number of nitrogens with one attached hydrogen (secondary N) is 2. The van der Waals surface area contributed by atoms with E-state index in [1.807, 2.05) is 54.6 Å². The minimum Gasteiger partial charge on any atom is -0.332 e. The minimum atomic E-state index is -0.207. The highest BCUT2D eigenvalue weighted by molar-refractivity contribution is 7.80. The Balaban J connectivity index is 1.36. The van der Waals surface area contributed by atoms with E-state index in [1.54, 1.807) is 0 Å². The predicted molar refractivity (Wildman–Crippen MR) is 123 cm³/mol. The molecule has 0 bridgehead atoms. The van der Waals surface area contributed by atoms with Crippen molar-refractivity contribution in [3.63, 3.8) is 0 Å². The number of benzene rings is 3. The first-order chi connectivity index (χ1) is 14.2. The molecule has 29 heavy (non-hydrogen) atoms. The maximum absolute atomic E-state index is 12.7. The highest BCUT2D eigenvalue weighted by Gasteiger charge is 2.12. The van der Waals surface area contributed by atoms with Crippen molar-refractivity contribution in [3.8, 4) is 0 Å². The number of thiocarbonyl (C=S) groups is 1. The largest absolute Gasteiger partial charge is 0.332 e. The van der Waals surface area contributed by atoms with Crippen molar-refractivity contribution < 1.29 is 4.79 Å². The Bertz CT molecular complexity index is 1000. The third-order valence-corrected chi connectivity index (χ3v) is 5.53. The van der Waals surface area contributed by atoms with Crippen LogP contribution >= 0.6 is 12.2 Å². The zero-order valence-corrected chi connectivity index (χ0v) is 17.2. The van der Waals surface area contributed by atoms with E-state index in [0.717, 1.165) is 23.0 Å². The van der Waals surface area contributed by atoms with Crippen LogP contribution in [0.2, 0.25) is 0 Å². The van der Waals surface area contributed by atoms with Gasteiger partial charge in [0, 0.05) is 17.8 Å². The van der Waals surface area contributed by atoms with Gasteiger partial charge in [-0.05, 0) is 72.7 Å². The Morgan fingerprint density at radius 2 is 1.62 bits per heavy atom. The molecule has 0 unspecified atom stereocenters. The van der Waals surface area contributed by atoms with Gasteiger partial charge in [-0.3, -0.25) is 15.0 Å². The van der Waals surface area contributed by atoms with Gasteiger partial charge >= 0.3 is 0 Å². The summed E-state index contributed by atoms with van der Waals surface area (Å²) in [6, 6.07) is 21.8. The second-order valence-corrected chi connectivity index (χ2v) is 7.88. The second kappa shape index (κ2) is 9.16. The van der Waals surface area contributed by atoms with E-state index in [4.69, 9.17) is 12.2 Å². The lowest BCUT2D eigenvalue weighted by molar-refractivity contribution is 0.0979. The van der Waals surface area contributed by atoms with Crippen LogP contribution in [0.1, 0.15) is 35.2 Å². The van der Waals surface area contributed by atoms with Crippen molar-refractivity contribution in [2.24, 2.45) is 0 Å². The standard InChI is InChI=1S/C24H25N3OS/c28-23(22-10-6-8-19-7-2-3-9-21(19)22)26-24(29)25-20-13-11-18(12-14-20)17-27-15-4-1-5-16-27/h2-3,6-14H,1,4-5,15-17H2,(H2,25,26,28,29). The zero-order chi connectivity index (χ0) is 20.1. The summed E-state index contributed by atoms with van der Waals surface area (Å²) in [6.45, 7) is 3.36. The van der Waals surface area contributed by atoms with Gasteiger partial charge < -0.3 is 5.32 Å². The number of rotatable bonds is 4. The number of fused-ring (bicyclic) bond motifs is 1. The number of carbonyl (C=O) groups excluding carboxylic acids is 1. The van der Waals surface area contributed by atoms with Crippen LogP contribution < -0.4 is 10.6 Å². The average Bonchev–Trinajstić information content (AvgIpc) is 2.75. The number of piperidine rings is 1. The molecule has 1 heterocycles. The SMILES string of the molecule is O=C(NC(=S)Nc1ccc(CN2CCCCC2)cc1)c1cccc2ccccc12. The Morgan fingerprint density at radius 1 is 0.897 bits per heavy atom. The monoisotopic (exact) mass is 403 g/mol. The lowest BCUT2D eigenvalue weighted by atomic mass is 10.0. The number of anilines is 1. The van der Waals surface area contributed by atoms with Gasteiger partial charge in [0.1, 0.15) is 0 Å². The van der Waals surface area contributed by atoms with E-state index < -0.39 is 0 Å². The van der Waals surface area contributed by atoms with Crippen molar-refractivity contribution >= 4 is 39.7 Å². The molecule has 3 aromatic carbocycles. The highest BCUT2D eigenvalue weighted by Crippen LogP contribution is 2.19. The molecule has 3 aromatic rings. The lowest BCUT2D eigenvalue weighted by Crippen LogP contribution is -2.34. The van der Waals surface area contributed by atoms with Crippen LogP contribution in [0.4, 0.5) is 5.69 Å². The molecule has 1 aliphatic rings. The molecule has 0 radical (unpaired) electrons. The minimum absolute atomic E-state index is 0.207. The van der Waals surface area contributed by atoms with Crippen molar-refractivity contribution in [1.82, 2.24) is 10.2 Å². The fourth-order valence-corrected chi connectivity index (χ4v) is 4.04. The maximum Gasteiger partial charge on any atom is 0.258 e. The Morgan fingerprint density at radius 3 is 2.41 bits per heavy atom. The van der Waals surface area contributed by atoms with E-state index >= 15 is 0 Å². The van der Waals surface area contributed by atoms with Crippen LogP contribution in [0.3, 0.4) is 0 Å². The van der Waals surface area contributed by atoms with Crippen molar-refractivity contribution in [2.75, 3.05) is 18.4 Å². The number of hydrogen-bond acceptors (Lipinski definition) is 3. The number of amides is 1. The molecule has 0 spiro atoms. The number of nitrogens with zero attached hydrogens (tertiary/aromatic N) is 1. The van der Waals surface area contributed by atoms with Crippen LogP contribution in [-0.2, 0) is 6.54 Å². The predicted octanol–water partition coefficient (Wildman–Crippen LogP) is 4.95. The van der Waals surface area contributed by atoms with Crippen molar-refractivity contribution in [2.45, 2.75) is 25.8 Å². The fraction of sp³-hybridized carbons (Fsp3) is 0.250. The van der Waals surface area contributed by atoms with Crippen LogP contribution in [0, 0.1) is 0 Å². The van der Waals surface area contributed by atoms with Gasteiger partial charge in [-0.15, -0.1) is 0 Å². The van der Waals surface area contributed by atoms with E-state index in [2.05, 4.69) is 27.7 Å². The first kappa shape index (κ1) is 19.6. The van der Waals surface area contributed by atoms with Crippen LogP contribution in [0.25, 0.3) is 10.8 Å². The van der Waals surface area contributed by atoms with Crippen LogP contribution in [0.5, 0.6) is 0 Å². The Kier molecular flexibility index (Phi) is 6.17. The maximum atomic E-state index is 12.7. The number of carbonyl (C=O) groups is 1. The van der Waals surface area contributed by atoms with E-state index in [0.29, 0.717) is 10.7 Å². The molecule has 148 valence electrons. The lowest BCUT2D eigenvalue weighted by Gasteiger charge is -2.26. The molecule has 1 fully saturated rings. The summed E-state index contributed by atoms with van der Waals surface area (Å²) in [5.41, 5.74) is 2.78. The summed E-state index contributed by atoms with van der Waals surface area (Å²) < 4.78 is 0. The molecule has 4 rings (SSSR count). The quantitative estimate of drug-likeness (QED) is 0.605. The topological polar surface area (TPSA) is 44.4 Å².